The fourth-order valence-electron chi connectivity index (χ4n) is 1.82. The SMILES string of the molecule is C#Cc1cnc2c(ccc3cccnc32)c1.CC. The van der Waals surface area contributed by atoms with Crippen LogP contribution >= 0.6 is 0 Å². The van der Waals surface area contributed by atoms with Crippen LogP contribution in [0, 0.1) is 12.3 Å². The molecule has 0 atom stereocenters. The van der Waals surface area contributed by atoms with Gasteiger partial charge in [-0.3, -0.25) is 9.97 Å². The normalized spacial score (nSPS) is 9.61. The van der Waals surface area contributed by atoms with Crippen LogP contribution in [0.2, 0.25) is 0 Å². The average Bonchev–Trinajstić information content (AvgIpc) is 2.48. The summed E-state index contributed by atoms with van der Waals surface area (Å²) in [6.45, 7) is 4.00. The predicted molar refractivity (Wildman–Crippen MR) is 76.3 cm³/mol. The van der Waals surface area contributed by atoms with Gasteiger partial charge >= 0.3 is 0 Å². The van der Waals surface area contributed by atoms with E-state index in [-0.39, 0.29) is 0 Å². The van der Waals surface area contributed by atoms with Gasteiger partial charge in [-0.15, -0.1) is 6.42 Å². The average molecular weight is 234 g/mol. The van der Waals surface area contributed by atoms with Gasteiger partial charge in [-0.25, -0.2) is 0 Å². The van der Waals surface area contributed by atoms with Crippen molar-refractivity contribution in [3.8, 4) is 12.3 Å². The Balaban J connectivity index is 0.000000574. The molecule has 88 valence electrons. The Morgan fingerprint density at radius 1 is 1.00 bits per heavy atom. The molecule has 0 saturated heterocycles. The first-order chi connectivity index (χ1) is 8.88. The zero-order valence-corrected chi connectivity index (χ0v) is 10.5. The molecular formula is C16H14N2. The first-order valence-electron chi connectivity index (χ1n) is 5.98. The standard InChI is InChI=1S/C14H8N2.C2H6/c1-2-10-8-12-6-5-11-4-3-7-15-13(11)14(12)16-9-10;1-2/h1,3-9H;1-2H3. The molecule has 0 aliphatic heterocycles. The smallest absolute Gasteiger partial charge is 0.0965 e. The highest BCUT2D eigenvalue weighted by atomic mass is 14.7. The number of terminal acetylenes is 1. The zero-order valence-electron chi connectivity index (χ0n) is 10.5. The molecule has 0 bridgehead atoms. The Morgan fingerprint density at radius 2 is 1.72 bits per heavy atom. The molecule has 0 aliphatic rings. The monoisotopic (exact) mass is 234 g/mol. The van der Waals surface area contributed by atoms with E-state index in [1.165, 1.54) is 0 Å². The van der Waals surface area contributed by atoms with E-state index in [1.54, 1.807) is 12.4 Å². The van der Waals surface area contributed by atoms with Crippen molar-refractivity contribution in [1.29, 1.82) is 0 Å². The molecule has 18 heavy (non-hydrogen) atoms. The minimum absolute atomic E-state index is 0.794. The number of fused-ring (bicyclic) bond motifs is 3. The number of aromatic nitrogens is 2. The molecule has 0 spiro atoms. The van der Waals surface area contributed by atoms with Gasteiger partial charge in [0, 0.05) is 28.7 Å². The van der Waals surface area contributed by atoms with E-state index >= 15 is 0 Å². The number of hydrogen-bond donors (Lipinski definition) is 0. The van der Waals surface area contributed by atoms with Crippen molar-refractivity contribution in [2.45, 2.75) is 13.8 Å². The quantitative estimate of drug-likeness (QED) is 0.437. The van der Waals surface area contributed by atoms with Gasteiger partial charge < -0.3 is 0 Å². The molecule has 0 radical (unpaired) electrons. The number of nitrogens with zero attached hydrogens (tertiary/aromatic N) is 2. The van der Waals surface area contributed by atoms with Crippen molar-refractivity contribution in [3.05, 3.63) is 48.3 Å². The van der Waals surface area contributed by atoms with Crippen molar-refractivity contribution in [2.24, 2.45) is 0 Å². The van der Waals surface area contributed by atoms with Crippen molar-refractivity contribution in [1.82, 2.24) is 9.97 Å². The third-order valence-corrected chi connectivity index (χ3v) is 2.59. The number of hydrogen-bond acceptors (Lipinski definition) is 2. The van der Waals surface area contributed by atoms with Crippen LogP contribution in [0.15, 0.2) is 42.7 Å². The van der Waals surface area contributed by atoms with Crippen LogP contribution in [0.5, 0.6) is 0 Å². The number of pyridine rings is 2. The lowest BCUT2D eigenvalue weighted by atomic mass is 10.1. The summed E-state index contributed by atoms with van der Waals surface area (Å²) < 4.78 is 0. The third-order valence-electron chi connectivity index (χ3n) is 2.59. The maximum Gasteiger partial charge on any atom is 0.0965 e. The first-order valence-corrected chi connectivity index (χ1v) is 5.98. The molecule has 3 aromatic rings. The van der Waals surface area contributed by atoms with Gasteiger partial charge in [0.05, 0.1) is 11.0 Å². The Kier molecular flexibility index (Phi) is 3.54. The lowest BCUT2D eigenvalue weighted by Crippen LogP contribution is -1.86. The van der Waals surface area contributed by atoms with E-state index in [2.05, 4.69) is 15.9 Å². The molecule has 3 rings (SSSR count). The topological polar surface area (TPSA) is 25.8 Å². The fraction of sp³-hybridized carbons (Fsp3) is 0.125. The van der Waals surface area contributed by atoms with E-state index in [4.69, 9.17) is 6.42 Å². The van der Waals surface area contributed by atoms with Gasteiger partial charge in [0.1, 0.15) is 0 Å². The van der Waals surface area contributed by atoms with Crippen LogP contribution in [0.4, 0.5) is 0 Å². The molecule has 0 N–H and O–H groups in total. The van der Waals surface area contributed by atoms with Crippen molar-refractivity contribution < 1.29 is 0 Å². The number of benzene rings is 1. The predicted octanol–water partition coefficient (Wildman–Crippen LogP) is 3.79. The molecule has 0 saturated carbocycles. The zero-order chi connectivity index (χ0) is 13.0. The largest absolute Gasteiger partial charge is 0.254 e. The van der Waals surface area contributed by atoms with E-state index in [0.717, 1.165) is 27.4 Å². The second kappa shape index (κ2) is 5.29. The molecule has 2 heteroatoms. The van der Waals surface area contributed by atoms with Gasteiger partial charge in [0.25, 0.3) is 0 Å². The molecule has 2 heterocycles. The van der Waals surface area contributed by atoms with E-state index in [0.29, 0.717) is 0 Å². The summed E-state index contributed by atoms with van der Waals surface area (Å²) in [5.74, 6) is 2.58. The highest BCUT2D eigenvalue weighted by Crippen LogP contribution is 2.21. The van der Waals surface area contributed by atoms with Gasteiger partial charge in [-0.2, -0.15) is 0 Å². The summed E-state index contributed by atoms with van der Waals surface area (Å²) in [6, 6.07) is 9.96. The first kappa shape index (κ1) is 12.1. The fourth-order valence-corrected chi connectivity index (χ4v) is 1.82. The van der Waals surface area contributed by atoms with Gasteiger partial charge in [-0.1, -0.05) is 38.0 Å². The summed E-state index contributed by atoms with van der Waals surface area (Å²) >= 11 is 0. The van der Waals surface area contributed by atoms with Crippen molar-refractivity contribution >= 4 is 21.8 Å². The Bertz CT molecular complexity index is 724. The molecule has 0 unspecified atom stereocenters. The van der Waals surface area contributed by atoms with Crippen LogP contribution in [-0.2, 0) is 0 Å². The maximum atomic E-state index is 5.35. The summed E-state index contributed by atoms with van der Waals surface area (Å²) in [4.78, 5) is 8.73. The highest BCUT2D eigenvalue weighted by Gasteiger charge is 2.02. The van der Waals surface area contributed by atoms with Gasteiger partial charge in [0.15, 0.2) is 0 Å². The van der Waals surface area contributed by atoms with Crippen LogP contribution < -0.4 is 0 Å². The second-order valence-corrected chi connectivity index (χ2v) is 3.58. The van der Waals surface area contributed by atoms with Crippen molar-refractivity contribution in [3.63, 3.8) is 0 Å². The van der Waals surface area contributed by atoms with Crippen LogP contribution in [-0.4, -0.2) is 9.97 Å². The van der Waals surface area contributed by atoms with Crippen LogP contribution in [0.3, 0.4) is 0 Å². The summed E-state index contributed by atoms with van der Waals surface area (Å²) in [6.07, 6.45) is 8.83. The number of rotatable bonds is 0. The summed E-state index contributed by atoms with van der Waals surface area (Å²) in [5, 5.41) is 2.12. The van der Waals surface area contributed by atoms with E-state index in [1.807, 2.05) is 44.2 Å². The highest BCUT2D eigenvalue weighted by molar-refractivity contribution is 6.02. The maximum absolute atomic E-state index is 5.35. The van der Waals surface area contributed by atoms with Gasteiger partial charge in [-0.05, 0) is 12.1 Å². The van der Waals surface area contributed by atoms with Crippen molar-refractivity contribution in [2.75, 3.05) is 0 Å². The molecular weight excluding hydrogens is 220 g/mol. The molecule has 2 nitrogen and oxygen atoms in total. The van der Waals surface area contributed by atoms with Gasteiger partial charge in [0.2, 0.25) is 0 Å². The summed E-state index contributed by atoms with van der Waals surface area (Å²) in [5.41, 5.74) is 2.61. The van der Waals surface area contributed by atoms with E-state index in [9.17, 15) is 0 Å². The third kappa shape index (κ3) is 2.03. The molecule has 1 aromatic carbocycles. The van der Waals surface area contributed by atoms with Crippen LogP contribution in [0.25, 0.3) is 21.8 Å². The second-order valence-electron chi connectivity index (χ2n) is 3.58. The minimum Gasteiger partial charge on any atom is -0.254 e. The lowest BCUT2D eigenvalue weighted by molar-refractivity contribution is 1.36. The Morgan fingerprint density at radius 3 is 2.50 bits per heavy atom. The Hall–Kier alpha value is -2.40. The minimum atomic E-state index is 0.794. The molecule has 2 aromatic heterocycles. The summed E-state index contributed by atoms with van der Waals surface area (Å²) in [7, 11) is 0. The van der Waals surface area contributed by atoms with Crippen LogP contribution in [0.1, 0.15) is 19.4 Å². The Labute approximate surface area is 107 Å². The molecule has 0 fully saturated rings. The lowest BCUT2D eigenvalue weighted by Gasteiger charge is -2.02. The molecule has 0 aliphatic carbocycles. The molecule has 0 amide bonds. The van der Waals surface area contributed by atoms with E-state index < -0.39 is 0 Å².